The Balaban J connectivity index is 0.00000176. The third-order valence-corrected chi connectivity index (χ3v) is 4.63. The molecule has 0 spiro atoms. The Kier molecular flexibility index (Phi) is 5.40. The van der Waals surface area contributed by atoms with E-state index in [1.807, 2.05) is 0 Å². The molecule has 122 valence electrons. The van der Waals surface area contributed by atoms with Gasteiger partial charge >= 0.3 is 0 Å². The molecule has 0 radical (unpaired) electrons. The quantitative estimate of drug-likeness (QED) is 0.895. The minimum Gasteiger partial charge on any atom is -0.353 e. The molecule has 3 nitrogen and oxygen atoms in total. The highest BCUT2D eigenvalue weighted by atomic mass is 35.5. The first-order valence-corrected chi connectivity index (χ1v) is 7.56. The Morgan fingerprint density at radius 1 is 1.18 bits per heavy atom. The van der Waals surface area contributed by atoms with Gasteiger partial charge in [0, 0.05) is 18.0 Å². The van der Waals surface area contributed by atoms with Gasteiger partial charge in [-0.2, -0.15) is 0 Å². The van der Waals surface area contributed by atoms with Crippen LogP contribution < -0.4 is 11.1 Å². The highest BCUT2D eigenvalue weighted by Crippen LogP contribution is 2.48. The lowest BCUT2D eigenvalue weighted by Gasteiger charge is -2.26. The molecule has 6 heteroatoms. The molecular formula is C16H21ClF2N2O. The number of nitrogens with one attached hydrogen (secondary N) is 1. The SMILES string of the molecule is Cl.NC1CCC(NC(=O)C2CC2c2cccc(F)c2F)CC1. The van der Waals surface area contributed by atoms with Gasteiger partial charge in [0.1, 0.15) is 0 Å². The van der Waals surface area contributed by atoms with Crippen molar-refractivity contribution in [2.24, 2.45) is 11.7 Å². The first-order valence-electron chi connectivity index (χ1n) is 7.56. The number of benzene rings is 1. The lowest BCUT2D eigenvalue weighted by molar-refractivity contribution is -0.123. The van der Waals surface area contributed by atoms with Crippen molar-refractivity contribution in [3.63, 3.8) is 0 Å². The zero-order valence-electron chi connectivity index (χ0n) is 12.2. The van der Waals surface area contributed by atoms with E-state index in [-0.39, 0.29) is 42.2 Å². The van der Waals surface area contributed by atoms with E-state index in [2.05, 4.69) is 5.32 Å². The number of carbonyl (C=O) groups is 1. The summed E-state index contributed by atoms with van der Waals surface area (Å²) in [6.45, 7) is 0. The molecule has 1 amide bonds. The molecule has 1 aromatic carbocycles. The summed E-state index contributed by atoms with van der Waals surface area (Å²) in [6, 6.07) is 4.57. The summed E-state index contributed by atoms with van der Waals surface area (Å²) in [5.74, 6) is -2.12. The maximum absolute atomic E-state index is 13.7. The van der Waals surface area contributed by atoms with Crippen LogP contribution >= 0.6 is 12.4 Å². The van der Waals surface area contributed by atoms with Crippen molar-refractivity contribution in [1.29, 1.82) is 0 Å². The van der Waals surface area contributed by atoms with Gasteiger partial charge in [-0.05, 0) is 49.7 Å². The Hall–Kier alpha value is -1.20. The summed E-state index contributed by atoms with van der Waals surface area (Å²) in [4.78, 5) is 12.2. The predicted molar refractivity (Wildman–Crippen MR) is 82.8 cm³/mol. The fourth-order valence-electron chi connectivity index (χ4n) is 3.21. The van der Waals surface area contributed by atoms with Crippen LogP contribution in [0.3, 0.4) is 0 Å². The Bertz CT molecular complexity index is 547. The average molecular weight is 331 g/mol. The standard InChI is InChI=1S/C16H20F2N2O.ClH/c17-14-3-1-2-11(15(14)18)12-8-13(12)16(21)20-10-6-4-9(19)5-7-10;/h1-3,9-10,12-13H,4-8,19H2,(H,20,21);1H. The Morgan fingerprint density at radius 3 is 2.55 bits per heavy atom. The van der Waals surface area contributed by atoms with Crippen LogP contribution in [-0.2, 0) is 4.79 Å². The molecule has 0 saturated heterocycles. The van der Waals surface area contributed by atoms with Crippen molar-refractivity contribution in [3.05, 3.63) is 35.4 Å². The number of carbonyl (C=O) groups excluding carboxylic acids is 1. The molecule has 2 fully saturated rings. The Labute approximate surface area is 135 Å². The second-order valence-corrected chi connectivity index (χ2v) is 6.21. The molecule has 1 aromatic rings. The van der Waals surface area contributed by atoms with E-state index in [1.165, 1.54) is 6.07 Å². The smallest absolute Gasteiger partial charge is 0.223 e. The molecule has 2 aliphatic carbocycles. The minimum atomic E-state index is -0.847. The molecule has 0 aromatic heterocycles. The molecule has 2 unspecified atom stereocenters. The van der Waals surface area contributed by atoms with Crippen LogP contribution in [0, 0.1) is 17.6 Å². The van der Waals surface area contributed by atoms with Crippen molar-refractivity contribution in [3.8, 4) is 0 Å². The second-order valence-electron chi connectivity index (χ2n) is 6.21. The number of nitrogens with two attached hydrogens (primary N) is 1. The van der Waals surface area contributed by atoms with Gasteiger partial charge in [0.25, 0.3) is 0 Å². The van der Waals surface area contributed by atoms with Crippen molar-refractivity contribution in [2.45, 2.75) is 50.1 Å². The van der Waals surface area contributed by atoms with Crippen LogP contribution in [0.25, 0.3) is 0 Å². The Morgan fingerprint density at radius 2 is 1.86 bits per heavy atom. The van der Waals surface area contributed by atoms with E-state index < -0.39 is 11.6 Å². The van der Waals surface area contributed by atoms with Gasteiger partial charge in [0.15, 0.2) is 11.6 Å². The fourth-order valence-corrected chi connectivity index (χ4v) is 3.21. The molecular weight excluding hydrogens is 310 g/mol. The molecule has 3 rings (SSSR count). The van der Waals surface area contributed by atoms with E-state index in [9.17, 15) is 13.6 Å². The topological polar surface area (TPSA) is 55.1 Å². The first kappa shape index (κ1) is 17.2. The van der Waals surface area contributed by atoms with Gasteiger partial charge in [-0.3, -0.25) is 4.79 Å². The number of rotatable bonds is 3. The molecule has 0 heterocycles. The summed E-state index contributed by atoms with van der Waals surface area (Å²) in [5.41, 5.74) is 6.16. The third-order valence-electron chi connectivity index (χ3n) is 4.63. The number of hydrogen-bond donors (Lipinski definition) is 2. The van der Waals surface area contributed by atoms with Gasteiger partial charge in [-0.1, -0.05) is 12.1 Å². The number of halogens is 3. The summed E-state index contributed by atoms with van der Waals surface area (Å²) in [5, 5.41) is 3.02. The van der Waals surface area contributed by atoms with Crippen LogP contribution in [0.2, 0.25) is 0 Å². The van der Waals surface area contributed by atoms with E-state index in [4.69, 9.17) is 5.73 Å². The van der Waals surface area contributed by atoms with Crippen LogP contribution in [0.4, 0.5) is 8.78 Å². The molecule has 2 saturated carbocycles. The van der Waals surface area contributed by atoms with Crippen LogP contribution in [-0.4, -0.2) is 18.0 Å². The lowest BCUT2D eigenvalue weighted by atomic mass is 9.91. The maximum atomic E-state index is 13.7. The van der Waals surface area contributed by atoms with Crippen molar-refractivity contribution in [2.75, 3.05) is 0 Å². The largest absolute Gasteiger partial charge is 0.353 e. The van der Waals surface area contributed by atoms with Gasteiger partial charge in [0.2, 0.25) is 5.91 Å². The molecule has 2 aliphatic rings. The maximum Gasteiger partial charge on any atom is 0.223 e. The predicted octanol–water partition coefficient (Wildman–Crippen LogP) is 2.88. The number of amides is 1. The zero-order valence-corrected chi connectivity index (χ0v) is 13.0. The highest BCUT2D eigenvalue weighted by molar-refractivity contribution is 5.85. The van der Waals surface area contributed by atoms with Crippen molar-refractivity contribution >= 4 is 18.3 Å². The molecule has 0 bridgehead atoms. The minimum absolute atomic E-state index is 0. The first-order chi connectivity index (χ1) is 10.1. The van der Waals surface area contributed by atoms with Gasteiger partial charge in [-0.25, -0.2) is 8.78 Å². The number of hydrogen-bond acceptors (Lipinski definition) is 2. The van der Waals surface area contributed by atoms with Crippen LogP contribution in [0.5, 0.6) is 0 Å². The van der Waals surface area contributed by atoms with E-state index in [0.29, 0.717) is 12.0 Å². The fraction of sp³-hybridized carbons (Fsp3) is 0.562. The van der Waals surface area contributed by atoms with Crippen LogP contribution in [0.15, 0.2) is 18.2 Å². The summed E-state index contributed by atoms with van der Waals surface area (Å²) < 4.78 is 26.9. The van der Waals surface area contributed by atoms with Crippen molar-refractivity contribution in [1.82, 2.24) is 5.32 Å². The van der Waals surface area contributed by atoms with E-state index >= 15 is 0 Å². The molecule has 3 N–H and O–H groups in total. The average Bonchev–Trinajstić information content (AvgIpc) is 3.25. The normalized spacial score (nSPS) is 30.3. The summed E-state index contributed by atoms with van der Waals surface area (Å²) >= 11 is 0. The molecule has 22 heavy (non-hydrogen) atoms. The van der Waals surface area contributed by atoms with E-state index in [0.717, 1.165) is 31.7 Å². The van der Waals surface area contributed by atoms with E-state index in [1.54, 1.807) is 6.07 Å². The van der Waals surface area contributed by atoms with Crippen molar-refractivity contribution < 1.29 is 13.6 Å². The molecule has 2 atom stereocenters. The van der Waals surface area contributed by atoms with Gasteiger partial charge in [0.05, 0.1) is 0 Å². The van der Waals surface area contributed by atoms with Gasteiger partial charge in [-0.15, -0.1) is 12.4 Å². The second kappa shape index (κ2) is 6.92. The zero-order chi connectivity index (χ0) is 15.0. The lowest BCUT2D eigenvalue weighted by Crippen LogP contribution is -2.41. The van der Waals surface area contributed by atoms with Gasteiger partial charge < -0.3 is 11.1 Å². The summed E-state index contributed by atoms with van der Waals surface area (Å²) in [7, 11) is 0. The third kappa shape index (κ3) is 3.58. The molecule has 0 aliphatic heterocycles. The highest BCUT2D eigenvalue weighted by Gasteiger charge is 2.46. The van der Waals surface area contributed by atoms with Crippen LogP contribution in [0.1, 0.15) is 43.6 Å². The summed E-state index contributed by atoms with van der Waals surface area (Å²) in [6.07, 6.45) is 4.25. The monoisotopic (exact) mass is 330 g/mol.